The van der Waals surface area contributed by atoms with E-state index in [0.29, 0.717) is 0 Å². The molecule has 0 saturated carbocycles. The summed E-state index contributed by atoms with van der Waals surface area (Å²) in [6.45, 7) is 0. The van der Waals surface area contributed by atoms with Crippen molar-refractivity contribution in [1.82, 2.24) is 0 Å². The highest BCUT2D eigenvalue weighted by Gasteiger charge is 2.25. The van der Waals surface area contributed by atoms with Gasteiger partial charge in [0.15, 0.2) is 0 Å². The number of hydrogen-bond donors (Lipinski definition) is 0. The molecule has 3 aromatic heterocycles. The summed E-state index contributed by atoms with van der Waals surface area (Å²) >= 11 is 5.55. The van der Waals surface area contributed by atoms with Gasteiger partial charge in [-0.3, -0.25) is 0 Å². The fourth-order valence-electron chi connectivity index (χ4n) is 20.6. The molecule has 3 heterocycles. The molecule has 0 aliphatic carbocycles. The zero-order chi connectivity index (χ0) is 89.5. The molecule has 0 aliphatic rings. The number of thiophene rings is 3. The van der Waals surface area contributed by atoms with Gasteiger partial charge in [0.2, 0.25) is 0 Å². The molecule has 0 fully saturated rings. The highest BCUT2D eigenvalue weighted by Crippen LogP contribution is 2.53. The largest absolute Gasteiger partial charge is 0.135 e. The Morgan fingerprint density at radius 1 is 0.0963 bits per heavy atom. The smallest absolute Gasteiger partial charge is 0.0349 e. The highest BCUT2D eigenvalue weighted by molar-refractivity contribution is 7.19. The molecule has 0 atom stereocenters. The minimum absolute atomic E-state index is 1.23. The normalized spacial score (nSPS) is 11.4. The van der Waals surface area contributed by atoms with Crippen molar-refractivity contribution in [2.24, 2.45) is 0 Å². The van der Waals surface area contributed by atoms with Crippen LogP contribution in [-0.4, -0.2) is 0 Å². The summed E-state index contributed by atoms with van der Waals surface area (Å²) in [7, 11) is 0. The van der Waals surface area contributed by atoms with Crippen molar-refractivity contribution in [3.8, 4) is 152 Å². The van der Waals surface area contributed by atoms with Crippen molar-refractivity contribution in [2.75, 3.05) is 0 Å². The Morgan fingerprint density at radius 3 is 0.689 bits per heavy atom. The van der Waals surface area contributed by atoms with Crippen LogP contribution in [0.2, 0.25) is 0 Å². The molecule has 632 valence electrons. The van der Waals surface area contributed by atoms with E-state index in [1.54, 1.807) is 0 Å². The van der Waals surface area contributed by atoms with Crippen LogP contribution in [-0.2, 0) is 0 Å². The van der Waals surface area contributed by atoms with Crippen LogP contribution < -0.4 is 0 Å². The fraction of sp³-hybridized carbons (Fsp3) is 0. The molecule has 26 rings (SSSR count). The molecular formula is C132H86S3. The maximum absolute atomic E-state index is 2.40. The second-order valence-corrected chi connectivity index (χ2v) is 37.8. The number of fused-ring (bicyclic) bond motifs is 9. The van der Waals surface area contributed by atoms with Gasteiger partial charge >= 0.3 is 0 Å². The quantitative estimate of drug-likeness (QED) is 0.0952. The van der Waals surface area contributed by atoms with Gasteiger partial charge in [0.25, 0.3) is 0 Å². The van der Waals surface area contributed by atoms with E-state index in [2.05, 4.69) is 522 Å². The van der Waals surface area contributed by atoms with Gasteiger partial charge in [0.1, 0.15) is 0 Å². The summed E-state index contributed by atoms with van der Waals surface area (Å²) < 4.78 is 0. The molecule has 26 aromatic rings. The molecule has 0 nitrogen and oxygen atoms in total. The minimum Gasteiger partial charge on any atom is -0.135 e. The summed E-state index contributed by atoms with van der Waals surface area (Å²) in [6.07, 6.45) is 0. The second-order valence-electron chi connectivity index (χ2n) is 34.6. The van der Waals surface area contributed by atoms with Gasteiger partial charge < -0.3 is 0 Å². The first-order chi connectivity index (χ1) is 67.0. The van der Waals surface area contributed by atoms with E-state index in [1.807, 2.05) is 34.0 Å². The van der Waals surface area contributed by atoms with Gasteiger partial charge in [-0.2, -0.15) is 0 Å². The minimum atomic E-state index is 1.23. The zero-order valence-corrected chi connectivity index (χ0v) is 76.3. The van der Waals surface area contributed by atoms with Gasteiger partial charge in [-0.25, -0.2) is 0 Å². The van der Waals surface area contributed by atoms with Crippen LogP contribution in [0.3, 0.4) is 0 Å². The maximum Gasteiger partial charge on any atom is 0.0349 e. The SMILES string of the molecule is c1ccc(-c2ccc(-c3cccc(-c4c5ccccc5c(-c5c(-c6ccccc6)ccc6ccccc56)c5ccccc45)c3)s2)cc1.c1ccc(-c2ccc(-c3cccc(-c4c5ccccc5c(-c5ccc6cccc(-c7ccccc7)c6c5)c5ccccc45)c3)s2)cc1.c1ccc(-c2ccc(-c3cccc(-c4c5ccccc5c(-c5cccc6ccccc56)c5ccccc45)c3)s2)cc1. The lowest BCUT2D eigenvalue weighted by Gasteiger charge is -2.21. The third-order valence-electron chi connectivity index (χ3n) is 26.7. The summed E-state index contributed by atoms with van der Waals surface area (Å²) in [5.41, 5.74) is 27.8. The van der Waals surface area contributed by atoms with Crippen molar-refractivity contribution >= 4 is 131 Å². The molecular weight excluding hydrogens is 1680 g/mol. The third kappa shape index (κ3) is 15.5. The molecule has 0 spiro atoms. The van der Waals surface area contributed by atoms with Crippen molar-refractivity contribution in [3.63, 3.8) is 0 Å². The molecule has 0 saturated heterocycles. The standard InChI is InChI=1S/2C46H30S.C40H26S/c1-3-13-31(14-4-1)37-24-12-17-32-25-26-36(30-42(32)37)46-40-22-9-7-20-38(40)45(39-21-8-10-23-41(39)46)35-19-11-18-34(29-35)44-28-27-43(47-44)33-15-5-2-6-16-33;1-3-14-31(15-4-1)37-27-26-32-16-7-8-21-36(32)45(37)46-40-24-11-9-22-38(40)44(39-23-10-12-25-41(39)46)35-20-13-19-34(30-35)43-29-28-42(47-43)33-17-5-2-6-18-33;1-2-13-28(14-3-1)37-24-25-38(41-37)29-16-10-17-30(26-29)39-33-19-6-8-21-35(33)40(36-22-9-7-20-34(36)39)32-23-11-15-27-12-4-5-18-31(27)32/h2*1-30H;1-26H. The topological polar surface area (TPSA) is 0 Å². The molecule has 23 aromatic carbocycles. The first-order valence-electron chi connectivity index (χ1n) is 46.2. The van der Waals surface area contributed by atoms with Crippen molar-refractivity contribution in [3.05, 3.63) is 522 Å². The van der Waals surface area contributed by atoms with Crippen molar-refractivity contribution in [1.29, 1.82) is 0 Å². The lowest BCUT2D eigenvalue weighted by molar-refractivity contribution is 1.63. The number of hydrogen-bond acceptors (Lipinski definition) is 3. The maximum atomic E-state index is 2.40. The summed E-state index contributed by atoms with van der Waals surface area (Å²) in [5.74, 6) is 0. The van der Waals surface area contributed by atoms with E-state index < -0.39 is 0 Å². The zero-order valence-electron chi connectivity index (χ0n) is 73.9. The van der Waals surface area contributed by atoms with E-state index in [-0.39, 0.29) is 0 Å². The van der Waals surface area contributed by atoms with Crippen LogP contribution in [0, 0.1) is 0 Å². The van der Waals surface area contributed by atoms with Gasteiger partial charge in [0, 0.05) is 29.3 Å². The predicted octanol–water partition coefficient (Wildman–Crippen LogP) is 39.0. The molecule has 135 heavy (non-hydrogen) atoms. The Balaban J connectivity index is 0.000000111. The third-order valence-corrected chi connectivity index (χ3v) is 30.2. The summed E-state index contributed by atoms with van der Waals surface area (Å²) in [4.78, 5) is 7.71. The molecule has 0 unspecified atom stereocenters. The summed E-state index contributed by atoms with van der Waals surface area (Å²) in [6, 6.07) is 190. The first kappa shape index (κ1) is 81.7. The van der Waals surface area contributed by atoms with E-state index >= 15 is 0 Å². The predicted molar refractivity (Wildman–Crippen MR) is 587 cm³/mol. The van der Waals surface area contributed by atoms with Crippen LogP contribution in [0.15, 0.2) is 522 Å². The Hall–Kier alpha value is -16.5. The van der Waals surface area contributed by atoms with Crippen LogP contribution in [0.25, 0.3) is 249 Å². The van der Waals surface area contributed by atoms with E-state index in [4.69, 9.17) is 0 Å². The number of rotatable bonds is 14. The number of benzene rings is 23. The molecule has 0 bridgehead atoms. The second kappa shape index (κ2) is 36.0. The lowest BCUT2D eigenvalue weighted by atomic mass is 9.82. The van der Waals surface area contributed by atoms with Crippen LogP contribution in [0.4, 0.5) is 0 Å². The highest BCUT2D eigenvalue weighted by atomic mass is 32.1. The van der Waals surface area contributed by atoms with Gasteiger partial charge in [-0.1, -0.05) is 461 Å². The molecule has 0 amide bonds. The van der Waals surface area contributed by atoms with Gasteiger partial charge in [0.05, 0.1) is 0 Å². The molecule has 0 radical (unpaired) electrons. The van der Waals surface area contributed by atoms with Crippen LogP contribution in [0.1, 0.15) is 0 Å². The van der Waals surface area contributed by atoms with Gasteiger partial charge in [-0.15, -0.1) is 34.0 Å². The van der Waals surface area contributed by atoms with E-state index in [9.17, 15) is 0 Å². The Bertz CT molecular complexity index is 8790. The average Bonchev–Trinajstić information content (AvgIpc) is 0.846. The van der Waals surface area contributed by atoms with Crippen molar-refractivity contribution < 1.29 is 0 Å². The van der Waals surface area contributed by atoms with Crippen LogP contribution >= 0.6 is 34.0 Å². The lowest BCUT2D eigenvalue weighted by Crippen LogP contribution is -1.94. The van der Waals surface area contributed by atoms with E-state index in [1.165, 1.54) is 249 Å². The Labute approximate surface area is 797 Å². The van der Waals surface area contributed by atoms with E-state index in [0.717, 1.165) is 0 Å². The summed E-state index contributed by atoms with van der Waals surface area (Å²) in [5, 5.41) is 22.9. The molecule has 0 N–H and O–H groups in total. The monoisotopic (exact) mass is 1770 g/mol. The molecule has 0 aliphatic heterocycles. The Kier molecular flexibility index (Phi) is 21.8. The fourth-order valence-corrected chi connectivity index (χ4v) is 23.6. The van der Waals surface area contributed by atoms with Crippen LogP contribution in [0.5, 0.6) is 0 Å². The Morgan fingerprint density at radius 2 is 0.326 bits per heavy atom. The average molecular weight is 1770 g/mol. The molecule has 3 heteroatoms. The first-order valence-corrected chi connectivity index (χ1v) is 48.7. The van der Waals surface area contributed by atoms with Gasteiger partial charge in [-0.05, 0) is 280 Å². The van der Waals surface area contributed by atoms with Crippen molar-refractivity contribution in [2.45, 2.75) is 0 Å².